The Labute approximate surface area is 129 Å². The van der Waals surface area contributed by atoms with Crippen molar-refractivity contribution in [1.29, 1.82) is 0 Å². The molecule has 1 N–H and O–H groups in total. The lowest BCUT2D eigenvalue weighted by Crippen LogP contribution is -2.31. The molecular formula is C15H23BrN4. The van der Waals surface area contributed by atoms with Crippen LogP contribution in [0, 0.1) is 0 Å². The van der Waals surface area contributed by atoms with Gasteiger partial charge in [0.1, 0.15) is 5.82 Å². The van der Waals surface area contributed by atoms with Crippen molar-refractivity contribution in [3.63, 3.8) is 0 Å². The van der Waals surface area contributed by atoms with Crippen molar-refractivity contribution in [2.45, 2.75) is 31.8 Å². The van der Waals surface area contributed by atoms with Gasteiger partial charge < -0.3 is 15.1 Å². The third-order valence-corrected chi connectivity index (χ3v) is 4.52. The lowest BCUT2D eigenvalue weighted by molar-refractivity contribution is 0.360. The summed E-state index contributed by atoms with van der Waals surface area (Å²) in [6.07, 6.45) is 5.78. The van der Waals surface area contributed by atoms with Crippen molar-refractivity contribution in [3.8, 4) is 0 Å². The van der Waals surface area contributed by atoms with Crippen LogP contribution < -0.4 is 10.2 Å². The number of nitrogens with zero attached hydrogens (tertiary/aromatic N) is 3. The van der Waals surface area contributed by atoms with Crippen molar-refractivity contribution < 1.29 is 0 Å². The van der Waals surface area contributed by atoms with Crippen LogP contribution >= 0.6 is 15.9 Å². The highest BCUT2D eigenvalue weighted by Crippen LogP contribution is 2.25. The maximum atomic E-state index is 4.69. The molecule has 1 aromatic rings. The summed E-state index contributed by atoms with van der Waals surface area (Å²) in [7, 11) is 2.20. The van der Waals surface area contributed by atoms with Crippen LogP contribution in [0.3, 0.4) is 0 Å². The standard InChI is InChI=1S/C15H23BrN4/c1-19-5-2-6-20(8-7-19)15-12(9-13(16)11-18-15)10-17-14-3-4-14/h9,11,14,17H,2-8,10H2,1H3. The molecule has 3 rings (SSSR count). The molecule has 0 amide bonds. The summed E-state index contributed by atoms with van der Waals surface area (Å²) in [6, 6.07) is 2.95. The van der Waals surface area contributed by atoms with E-state index in [1.807, 2.05) is 6.20 Å². The van der Waals surface area contributed by atoms with E-state index in [0.29, 0.717) is 0 Å². The molecule has 1 saturated carbocycles. The lowest BCUT2D eigenvalue weighted by Gasteiger charge is -2.24. The molecule has 0 spiro atoms. The SMILES string of the molecule is CN1CCCN(c2ncc(Br)cc2CNC2CC2)CC1. The summed E-state index contributed by atoms with van der Waals surface area (Å²) < 4.78 is 1.07. The average molecular weight is 339 g/mol. The Morgan fingerprint density at radius 1 is 1.30 bits per heavy atom. The fraction of sp³-hybridized carbons (Fsp3) is 0.667. The highest BCUT2D eigenvalue weighted by atomic mass is 79.9. The first-order valence-electron chi connectivity index (χ1n) is 7.53. The van der Waals surface area contributed by atoms with E-state index < -0.39 is 0 Å². The number of likely N-dealkylation sites (N-methyl/N-ethyl adjacent to an activating group) is 1. The Hall–Kier alpha value is -0.650. The molecular weight excluding hydrogens is 316 g/mol. The minimum atomic E-state index is 0.733. The van der Waals surface area contributed by atoms with Gasteiger partial charge in [-0.2, -0.15) is 0 Å². The normalized spacial score (nSPS) is 21.0. The van der Waals surface area contributed by atoms with Gasteiger partial charge in [0.05, 0.1) is 0 Å². The fourth-order valence-corrected chi connectivity index (χ4v) is 3.07. The van der Waals surface area contributed by atoms with E-state index in [9.17, 15) is 0 Å². The summed E-state index contributed by atoms with van der Waals surface area (Å²) in [5.74, 6) is 1.16. The molecule has 2 fully saturated rings. The van der Waals surface area contributed by atoms with E-state index >= 15 is 0 Å². The van der Waals surface area contributed by atoms with Crippen molar-refractivity contribution >= 4 is 21.7 Å². The monoisotopic (exact) mass is 338 g/mol. The number of halogens is 1. The molecule has 2 aliphatic rings. The first-order chi connectivity index (χ1) is 9.72. The van der Waals surface area contributed by atoms with Crippen molar-refractivity contribution in [2.24, 2.45) is 0 Å². The summed E-state index contributed by atoms with van der Waals surface area (Å²) in [4.78, 5) is 9.54. The number of hydrogen-bond acceptors (Lipinski definition) is 4. The van der Waals surface area contributed by atoms with Crippen LogP contribution in [0.4, 0.5) is 5.82 Å². The number of hydrogen-bond donors (Lipinski definition) is 1. The van der Waals surface area contributed by atoms with Crippen molar-refractivity contribution in [3.05, 3.63) is 22.3 Å². The highest BCUT2D eigenvalue weighted by molar-refractivity contribution is 9.10. The van der Waals surface area contributed by atoms with Gasteiger partial charge >= 0.3 is 0 Å². The quantitative estimate of drug-likeness (QED) is 0.912. The van der Waals surface area contributed by atoms with Crippen LogP contribution in [0.5, 0.6) is 0 Å². The van der Waals surface area contributed by atoms with E-state index in [4.69, 9.17) is 0 Å². The van der Waals surface area contributed by atoms with E-state index in [2.05, 4.69) is 49.1 Å². The lowest BCUT2D eigenvalue weighted by atomic mass is 10.2. The molecule has 1 saturated heterocycles. The van der Waals surface area contributed by atoms with Crippen LogP contribution in [-0.2, 0) is 6.54 Å². The third-order valence-electron chi connectivity index (χ3n) is 4.09. The molecule has 110 valence electrons. The largest absolute Gasteiger partial charge is 0.355 e. The zero-order chi connectivity index (χ0) is 13.9. The van der Waals surface area contributed by atoms with Crippen molar-refractivity contribution in [2.75, 3.05) is 38.1 Å². The number of aromatic nitrogens is 1. The highest BCUT2D eigenvalue weighted by Gasteiger charge is 2.22. The number of nitrogens with one attached hydrogen (secondary N) is 1. The van der Waals surface area contributed by atoms with Crippen LogP contribution in [0.2, 0.25) is 0 Å². The van der Waals surface area contributed by atoms with Crippen LogP contribution in [0.25, 0.3) is 0 Å². The Bertz CT molecular complexity index is 461. The van der Waals surface area contributed by atoms with Gasteiger partial charge in [-0.15, -0.1) is 0 Å². The Kier molecular flexibility index (Phi) is 4.58. The molecule has 0 aromatic carbocycles. The van der Waals surface area contributed by atoms with Gasteiger partial charge in [-0.05, 0) is 54.9 Å². The number of rotatable bonds is 4. The second-order valence-electron chi connectivity index (χ2n) is 5.94. The topological polar surface area (TPSA) is 31.4 Å². The molecule has 0 unspecified atom stereocenters. The molecule has 0 atom stereocenters. The molecule has 5 heteroatoms. The Balaban J connectivity index is 1.75. The van der Waals surface area contributed by atoms with E-state index in [-0.39, 0.29) is 0 Å². The zero-order valence-electron chi connectivity index (χ0n) is 12.1. The molecule has 4 nitrogen and oxygen atoms in total. The van der Waals surface area contributed by atoms with Crippen LogP contribution in [-0.4, -0.2) is 49.2 Å². The van der Waals surface area contributed by atoms with Gasteiger partial charge in [-0.1, -0.05) is 0 Å². The molecule has 0 bridgehead atoms. The maximum absolute atomic E-state index is 4.69. The molecule has 0 radical (unpaired) electrons. The third kappa shape index (κ3) is 3.71. The molecule has 1 aliphatic heterocycles. The van der Waals surface area contributed by atoms with E-state index in [0.717, 1.165) is 42.5 Å². The minimum absolute atomic E-state index is 0.733. The van der Waals surface area contributed by atoms with Gasteiger partial charge in [0.25, 0.3) is 0 Å². The molecule has 20 heavy (non-hydrogen) atoms. The predicted octanol–water partition coefficient (Wildman–Crippen LogP) is 2.24. The minimum Gasteiger partial charge on any atom is -0.355 e. The van der Waals surface area contributed by atoms with Gasteiger partial charge in [-0.3, -0.25) is 0 Å². The van der Waals surface area contributed by atoms with Gasteiger partial charge in [0.15, 0.2) is 0 Å². The first kappa shape index (κ1) is 14.3. The van der Waals surface area contributed by atoms with E-state index in [1.165, 1.54) is 31.4 Å². The number of pyridine rings is 1. The van der Waals surface area contributed by atoms with Crippen LogP contribution in [0.15, 0.2) is 16.7 Å². The summed E-state index contributed by atoms with van der Waals surface area (Å²) in [5, 5.41) is 3.61. The fourth-order valence-electron chi connectivity index (χ4n) is 2.69. The summed E-state index contributed by atoms with van der Waals surface area (Å²) in [6.45, 7) is 5.41. The van der Waals surface area contributed by atoms with Crippen LogP contribution in [0.1, 0.15) is 24.8 Å². The average Bonchev–Trinajstić information content (AvgIpc) is 3.25. The first-order valence-corrected chi connectivity index (χ1v) is 8.33. The molecule has 1 aliphatic carbocycles. The number of anilines is 1. The van der Waals surface area contributed by atoms with Gasteiger partial charge in [-0.25, -0.2) is 4.98 Å². The Morgan fingerprint density at radius 2 is 2.15 bits per heavy atom. The van der Waals surface area contributed by atoms with Crippen molar-refractivity contribution in [1.82, 2.24) is 15.2 Å². The smallest absolute Gasteiger partial charge is 0.133 e. The second-order valence-corrected chi connectivity index (χ2v) is 6.85. The van der Waals surface area contributed by atoms with Gasteiger partial charge in [0, 0.05) is 48.5 Å². The summed E-state index contributed by atoms with van der Waals surface area (Å²) in [5.41, 5.74) is 1.32. The van der Waals surface area contributed by atoms with Gasteiger partial charge in [0.2, 0.25) is 0 Å². The molecule has 2 heterocycles. The van der Waals surface area contributed by atoms with E-state index in [1.54, 1.807) is 0 Å². The maximum Gasteiger partial charge on any atom is 0.133 e. The Morgan fingerprint density at radius 3 is 2.95 bits per heavy atom. The zero-order valence-corrected chi connectivity index (χ0v) is 13.7. The predicted molar refractivity (Wildman–Crippen MR) is 86.1 cm³/mol. The molecule has 1 aromatic heterocycles. The summed E-state index contributed by atoms with van der Waals surface area (Å²) >= 11 is 3.55. The second kappa shape index (κ2) is 6.41.